The lowest BCUT2D eigenvalue weighted by atomic mass is 10.0. The molecule has 0 aromatic carbocycles. The van der Waals surface area contributed by atoms with E-state index in [0.717, 1.165) is 19.3 Å². The SMILES string of the molecule is CCC1SCC(C(=O)O)N1C(=O)CC1C=CCC1. The highest BCUT2D eigenvalue weighted by Crippen LogP contribution is 2.33. The number of amides is 1. The summed E-state index contributed by atoms with van der Waals surface area (Å²) in [4.78, 5) is 25.1. The third-order valence-electron chi connectivity index (χ3n) is 3.56. The fraction of sp³-hybridized carbons (Fsp3) is 0.692. The Hall–Kier alpha value is -0.970. The van der Waals surface area contributed by atoms with E-state index in [4.69, 9.17) is 0 Å². The van der Waals surface area contributed by atoms with Crippen LogP contribution in [0, 0.1) is 5.92 Å². The molecule has 0 spiro atoms. The lowest BCUT2D eigenvalue weighted by Gasteiger charge is -2.27. The highest BCUT2D eigenvalue weighted by molar-refractivity contribution is 8.00. The van der Waals surface area contributed by atoms with Gasteiger partial charge in [-0.2, -0.15) is 0 Å². The van der Waals surface area contributed by atoms with Crippen molar-refractivity contribution in [1.29, 1.82) is 0 Å². The first-order valence-electron chi connectivity index (χ1n) is 6.45. The molecule has 100 valence electrons. The number of carboxylic acid groups (broad SMARTS) is 1. The number of hydrogen-bond donors (Lipinski definition) is 1. The first-order chi connectivity index (χ1) is 8.63. The van der Waals surface area contributed by atoms with Gasteiger partial charge in [-0.1, -0.05) is 19.1 Å². The van der Waals surface area contributed by atoms with Crippen LogP contribution in [0.15, 0.2) is 12.2 Å². The fourth-order valence-corrected chi connectivity index (χ4v) is 3.97. The van der Waals surface area contributed by atoms with Crippen molar-refractivity contribution in [2.45, 2.75) is 44.0 Å². The number of rotatable bonds is 4. The van der Waals surface area contributed by atoms with E-state index in [1.165, 1.54) is 0 Å². The summed E-state index contributed by atoms with van der Waals surface area (Å²) in [7, 11) is 0. The number of allylic oxidation sites excluding steroid dienone is 2. The molecule has 4 nitrogen and oxygen atoms in total. The topological polar surface area (TPSA) is 57.6 Å². The predicted octanol–water partition coefficient (Wildman–Crippen LogP) is 2.11. The molecule has 1 aliphatic heterocycles. The molecule has 1 amide bonds. The monoisotopic (exact) mass is 269 g/mol. The molecule has 0 aromatic rings. The molecule has 3 unspecified atom stereocenters. The van der Waals surface area contributed by atoms with Gasteiger partial charge in [0.25, 0.3) is 0 Å². The molecule has 3 atom stereocenters. The minimum atomic E-state index is -0.881. The fourth-order valence-electron chi connectivity index (χ4n) is 2.60. The molecule has 18 heavy (non-hydrogen) atoms. The van der Waals surface area contributed by atoms with Gasteiger partial charge in [-0.05, 0) is 25.2 Å². The Labute approximate surface area is 111 Å². The minimum absolute atomic E-state index is 0.00389. The molecule has 2 rings (SSSR count). The Morgan fingerprint density at radius 1 is 1.50 bits per heavy atom. The summed E-state index contributed by atoms with van der Waals surface area (Å²) in [5.41, 5.74) is 0. The zero-order chi connectivity index (χ0) is 13.1. The van der Waals surface area contributed by atoms with Gasteiger partial charge >= 0.3 is 5.97 Å². The number of carboxylic acids is 1. The van der Waals surface area contributed by atoms with Crippen molar-refractivity contribution in [3.63, 3.8) is 0 Å². The van der Waals surface area contributed by atoms with E-state index in [9.17, 15) is 14.7 Å². The largest absolute Gasteiger partial charge is 0.480 e. The number of carbonyl (C=O) groups excluding carboxylic acids is 1. The molecule has 0 aromatic heterocycles. The van der Waals surface area contributed by atoms with Gasteiger partial charge in [0, 0.05) is 12.2 Å². The molecule has 1 fully saturated rings. The van der Waals surface area contributed by atoms with Crippen molar-refractivity contribution in [3.8, 4) is 0 Å². The standard InChI is InChI=1S/C13H19NO3S/c1-2-12-14(10(8-18-12)13(16)17)11(15)7-9-5-3-4-6-9/h3,5,9-10,12H,2,4,6-8H2,1H3,(H,16,17). The summed E-state index contributed by atoms with van der Waals surface area (Å²) in [6, 6.07) is -0.641. The van der Waals surface area contributed by atoms with Crippen LogP contribution in [0.25, 0.3) is 0 Å². The van der Waals surface area contributed by atoms with Crippen molar-refractivity contribution >= 4 is 23.6 Å². The van der Waals surface area contributed by atoms with Crippen molar-refractivity contribution in [3.05, 3.63) is 12.2 Å². The van der Waals surface area contributed by atoms with Gasteiger partial charge in [0.15, 0.2) is 0 Å². The first-order valence-corrected chi connectivity index (χ1v) is 7.50. The van der Waals surface area contributed by atoms with Gasteiger partial charge in [-0.25, -0.2) is 4.79 Å². The van der Waals surface area contributed by atoms with Crippen molar-refractivity contribution < 1.29 is 14.7 Å². The van der Waals surface area contributed by atoms with Crippen LogP contribution >= 0.6 is 11.8 Å². The highest BCUT2D eigenvalue weighted by atomic mass is 32.2. The molecule has 0 saturated carbocycles. The van der Waals surface area contributed by atoms with Crippen LogP contribution in [0.2, 0.25) is 0 Å². The maximum Gasteiger partial charge on any atom is 0.327 e. The zero-order valence-electron chi connectivity index (χ0n) is 10.5. The lowest BCUT2D eigenvalue weighted by molar-refractivity contribution is -0.149. The van der Waals surface area contributed by atoms with E-state index in [1.54, 1.807) is 16.7 Å². The summed E-state index contributed by atoms with van der Waals surface area (Å²) in [5, 5.41) is 9.22. The third-order valence-corrected chi connectivity index (χ3v) is 5.02. The second-order valence-electron chi connectivity index (χ2n) is 4.82. The Kier molecular flexibility index (Phi) is 4.32. The molecule has 1 aliphatic carbocycles. The van der Waals surface area contributed by atoms with Gasteiger partial charge in [0.05, 0.1) is 5.37 Å². The van der Waals surface area contributed by atoms with Crippen LogP contribution in [0.4, 0.5) is 0 Å². The van der Waals surface area contributed by atoms with E-state index in [2.05, 4.69) is 12.2 Å². The Balaban J connectivity index is 2.04. The summed E-state index contributed by atoms with van der Waals surface area (Å²) in [5.74, 6) is -0.0697. The molecule has 1 saturated heterocycles. The average molecular weight is 269 g/mol. The van der Waals surface area contributed by atoms with E-state index in [-0.39, 0.29) is 11.3 Å². The Morgan fingerprint density at radius 2 is 2.28 bits per heavy atom. The van der Waals surface area contributed by atoms with E-state index >= 15 is 0 Å². The number of hydrogen-bond acceptors (Lipinski definition) is 3. The molecule has 0 bridgehead atoms. The quantitative estimate of drug-likeness (QED) is 0.794. The summed E-state index contributed by atoms with van der Waals surface area (Å²) < 4.78 is 0. The second kappa shape index (κ2) is 5.78. The summed E-state index contributed by atoms with van der Waals surface area (Å²) in [6.45, 7) is 2.00. The van der Waals surface area contributed by atoms with Crippen LogP contribution in [0.3, 0.4) is 0 Å². The van der Waals surface area contributed by atoms with Gasteiger partial charge in [0.2, 0.25) is 5.91 Å². The van der Waals surface area contributed by atoms with E-state index < -0.39 is 12.0 Å². The van der Waals surface area contributed by atoms with Gasteiger partial charge < -0.3 is 10.0 Å². The molecule has 0 radical (unpaired) electrons. The number of aliphatic carboxylic acids is 1. The lowest BCUT2D eigenvalue weighted by Crippen LogP contribution is -2.45. The summed E-state index contributed by atoms with van der Waals surface area (Å²) in [6.07, 6.45) is 7.49. The van der Waals surface area contributed by atoms with Crippen molar-refractivity contribution in [1.82, 2.24) is 4.90 Å². The average Bonchev–Trinajstić information content (AvgIpc) is 2.95. The van der Waals surface area contributed by atoms with Gasteiger partial charge in [-0.15, -0.1) is 11.8 Å². The molecule has 5 heteroatoms. The molecule has 1 N–H and O–H groups in total. The van der Waals surface area contributed by atoms with Gasteiger partial charge in [0.1, 0.15) is 6.04 Å². The van der Waals surface area contributed by atoms with Crippen LogP contribution in [0.1, 0.15) is 32.6 Å². The smallest absolute Gasteiger partial charge is 0.327 e. The first kappa shape index (κ1) is 13.5. The third kappa shape index (κ3) is 2.71. The van der Waals surface area contributed by atoms with E-state index in [0.29, 0.717) is 18.1 Å². The predicted molar refractivity (Wildman–Crippen MR) is 71.3 cm³/mol. The number of nitrogens with zero attached hydrogens (tertiary/aromatic N) is 1. The Morgan fingerprint density at radius 3 is 2.83 bits per heavy atom. The highest BCUT2D eigenvalue weighted by Gasteiger charge is 2.40. The zero-order valence-corrected chi connectivity index (χ0v) is 11.4. The van der Waals surface area contributed by atoms with Gasteiger partial charge in [-0.3, -0.25) is 4.79 Å². The maximum absolute atomic E-state index is 12.3. The number of thioether (sulfide) groups is 1. The summed E-state index contributed by atoms with van der Waals surface area (Å²) >= 11 is 1.58. The minimum Gasteiger partial charge on any atom is -0.480 e. The molecular weight excluding hydrogens is 250 g/mol. The van der Waals surface area contributed by atoms with E-state index in [1.807, 2.05) is 6.92 Å². The van der Waals surface area contributed by atoms with Crippen molar-refractivity contribution in [2.75, 3.05) is 5.75 Å². The normalized spacial score (nSPS) is 30.9. The maximum atomic E-state index is 12.3. The number of carbonyl (C=O) groups is 2. The second-order valence-corrected chi connectivity index (χ2v) is 6.03. The molecular formula is C13H19NO3S. The molecule has 2 aliphatic rings. The van der Waals surface area contributed by atoms with Crippen LogP contribution in [0.5, 0.6) is 0 Å². The van der Waals surface area contributed by atoms with Crippen LogP contribution in [-0.2, 0) is 9.59 Å². The Bertz CT molecular complexity index is 369. The molecule has 1 heterocycles. The van der Waals surface area contributed by atoms with Crippen LogP contribution in [-0.4, -0.2) is 39.1 Å². The van der Waals surface area contributed by atoms with Crippen LogP contribution < -0.4 is 0 Å². The van der Waals surface area contributed by atoms with Crippen molar-refractivity contribution in [2.24, 2.45) is 5.92 Å².